The fourth-order valence-corrected chi connectivity index (χ4v) is 6.50. The summed E-state index contributed by atoms with van der Waals surface area (Å²) in [5.41, 5.74) is 2.67. The number of halogens is 2. The van der Waals surface area contributed by atoms with Crippen LogP contribution >= 0.6 is 11.8 Å². The zero-order chi connectivity index (χ0) is 24.4. The van der Waals surface area contributed by atoms with Crippen LogP contribution in [0.4, 0.5) is 8.78 Å². The Bertz CT molecular complexity index is 1330. The van der Waals surface area contributed by atoms with Gasteiger partial charge in [-0.1, -0.05) is 36.4 Å². The highest BCUT2D eigenvalue weighted by molar-refractivity contribution is 7.98. The zero-order valence-electron chi connectivity index (χ0n) is 18.7. The van der Waals surface area contributed by atoms with Gasteiger partial charge in [0.2, 0.25) is 0 Å². The zero-order valence-corrected chi connectivity index (χ0v) is 19.5. The minimum atomic E-state index is -1.31. The van der Waals surface area contributed by atoms with Crippen molar-refractivity contribution in [3.8, 4) is 0 Å². The number of carbonyl (C=O) groups is 1. The molecule has 0 bridgehead atoms. The van der Waals surface area contributed by atoms with Crippen LogP contribution in [0.5, 0.6) is 0 Å². The third kappa shape index (κ3) is 3.33. The summed E-state index contributed by atoms with van der Waals surface area (Å²) >= 11 is 1.43. The molecule has 0 spiro atoms. The van der Waals surface area contributed by atoms with Crippen molar-refractivity contribution in [1.82, 2.24) is 14.9 Å². The number of nitrogens with zero attached hydrogens (tertiary/aromatic N) is 3. The van der Waals surface area contributed by atoms with Crippen molar-refractivity contribution >= 4 is 17.7 Å². The van der Waals surface area contributed by atoms with Crippen LogP contribution in [0.25, 0.3) is 0 Å². The van der Waals surface area contributed by atoms with E-state index in [9.17, 15) is 19.4 Å². The number of rotatable bonds is 1. The molecule has 9 heteroatoms. The lowest BCUT2D eigenvalue weighted by Gasteiger charge is -2.55. The normalized spacial score (nSPS) is 26.2. The molecule has 4 heterocycles. The summed E-state index contributed by atoms with van der Waals surface area (Å²) < 4.78 is 29.5. The second-order valence-electron chi connectivity index (χ2n) is 9.09. The quantitative estimate of drug-likeness (QED) is 0.574. The minimum Gasteiger partial charge on any atom is -0.507 e. The number of hydrogen-bond acceptors (Lipinski definition) is 6. The fourth-order valence-electron chi connectivity index (χ4n) is 5.38. The number of aliphatic hydroxyl groups excluding tert-OH is 2. The molecular formula is C26H23F2N3O3S. The molecule has 2 N–H and O–H groups in total. The molecule has 2 fully saturated rings. The van der Waals surface area contributed by atoms with Crippen LogP contribution in [0.15, 0.2) is 77.2 Å². The summed E-state index contributed by atoms with van der Waals surface area (Å²) in [6.45, 7) is 4.56. The van der Waals surface area contributed by atoms with E-state index in [0.29, 0.717) is 24.9 Å². The minimum absolute atomic E-state index is 0.0396. The molecule has 0 radical (unpaired) electrons. The Morgan fingerprint density at radius 2 is 1.91 bits per heavy atom. The summed E-state index contributed by atoms with van der Waals surface area (Å²) in [7, 11) is 0. The average molecular weight is 496 g/mol. The Balaban J connectivity index is 1.62. The first kappa shape index (κ1) is 22.3. The van der Waals surface area contributed by atoms with E-state index in [0.717, 1.165) is 22.1 Å². The third-order valence-electron chi connectivity index (χ3n) is 7.09. The number of fused-ring (bicyclic) bond motifs is 4. The van der Waals surface area contributed by atoms with Gasteiger partial charge >= 0.3 is 0 Å². The van der Waals surface area contributed by atoms with Gasteiger partial charge in [-0.3, -0.25) is 9.80 Å². The Labute approximate surface area is 205 Å². The van der Waals surface area contributed by atoms with E-state index < -0.39 is 35.7 Å². The third-order valence-corrected chi connectivity index (χ3v) is 8.21. The van der Waals surface area contributed by atoms with E-state index in [4.69, 9.17) is 0 Å². The Morgan fingerprint density at radius 1 is 1.11 bits per heavy atom. The Morgan fingerprint density at radius 3 is 2.74 bits per heavy atom. The molecule has 4 aliphatic rings. The molecule has 6 nitrogen and oxygen atoms in total. The van der Waals surface area contributed by atoms with Gasteiger partial charge in [-0.2, -0.15) is 5.01 Å². The number of aliphatic hydroxyl groups is 2. The molecule has 4 aliphatic heterocycles. The summed E-state index contributed by atoms with van der Waals surface area (Å²) in [5.74, 6) is -2.36. The molecule has 2 aromatic rings. The molecule has 6 rings (SSSR count). The molecule has 2 aromatic carbocycles. The first-order valence-electron chi connectivity index (χ1n) is 11.4. The Hall–Kier alpha value is -3.14. The maximum atomic E-state index is 15.1. The van der Waals surface area contributed by atoms with Gasteiger partial charge in [-0.25, -0.2) is 8.78 Å². The van der Waals surface area contributed by atoms with Crippen LogP contribution in [-0.4, -0.2) is 49.9 Å². The summed E-state index contributed by atoms with van der Waals surface area (Å²) in [6.07, 6.45) is 2.29. The number of hydrogen-bond donors (Lipinski definition) is 2. The molecule has 0 aromatic heterocycles. The molecular weight excluding hydrogens is 472 g/mol. The highest BCUT2D eigenvalue weighted by Gasteiger charge is 2.50. The lowest BCUT2D eigenvalue weighted by molar-refractivity contribution is -0.169. The molecule has 1 amide bonds. The maximum Gasteiger partial charge on any atom is 0.276 e. The SMILES string of the molecule is C=C1CCN2C(=O)C3=C(O)C(O)C=CN3N([C@@H]3c4ccccc4SCc4c3ccc(F)c4F)[C@@H]2C1. The van der Waals surface area contributed by atoms with Crippen molar-refractivity contribution in [3.63, 3.8) is 0 Å². The van der Waals surface area contributed by atoms with Gasteiger partial charge in [0, 0.05) is 35.4 Å². The number of piperidine rings is 1. The smallest absolute Gasteiger partial charge is 0.276 e. The van der Waals surface area contributed by atoms with Gasteiger partial charge in [0.05, 0.1) is 6.04 Å². The van der Waals surface area contributed by atoms with Crippen LogP contribution in [0.3, 0.4) is 0 Å². The van der Waals surface area contributed by atoms with Crippen molar-refractivity contribution in [2.75, 3.05) is 6.54 Å². The van der Waals surface area contributed by atoms with E-state index in [-0.39, 0.29) is 22.9 Å². The first-order valence-corrected chi connectivity index (χ1v) is 12.4. The largest absolute Gasteiger partial charge is 0.507 e. The van der Waals surface area contributed by atoms with E-state index in [1.807, 2.05) is 29.3 Å². The van der Waals surface area contributed by atoms with Gasteiger partial charge in [-0.05, 0) is 35.8 Å². The second-order valence-corrected chi connectivity index (χ2v) is 10.1. The predicted octanol–water partition coefficient (Wildman–Crippen LogP) is 4.36. The lowest BCUT2D eigenvalue weighted by atomic mass is 9.91. The monoisotopic (exact) mass is 495 g/mol. The fraction of sp³-hybridized carbons (Fsp3) is 0.269. The number of hydrazine groups is 1. The van der Waals surface area contributed by atoms with Crippen molar-refractivity contribution in [2.45, 2.75) is 41.8 Å². The van der Waals surface area contributed by atoms with Gasteiger partial charge in [0.1, 0.15) is 12.3 Å². The average Bonchev–Trinajstić information content (AvgIpc) is 3.01. The Kier molecular flexibility index (Phi) is 5.24. The topological polar surface area (TPSA) is 67.2 Å². The van der Waals surface area contributed by atoms with Gasteiger partial charge in [0.25, 0.3) is 5.91 Å². The van der Waals surface area contributed by atoms with Crippen molar-refractivity contribution in [1.29, 1.82) is 0 Å². The van der Waals surface area contributed by atoms with E-state index in [1.54, 1.807) is 22.2 Å². The van der Waals surface area contributed by atoms with E-state index >= 15 is 4.39 Å². The van der Waals surface area contributed by atoms with Gasteiger partial charge in [0.15, 0.2) is 23.1 Å². The highest BCUT2D eigenvalue weighted by Crippen LogP contribution is 2.48. The van der Waals surface area contributed by atoms with Crippen molar-refractivity contribution in [2.24, 2.45) is 0 Å². The number of thioether (sulfide) groups is 1. The lowest BCUT2D eigenvalue weighted by Crippen LogP contribution is -2.65. The molecule has 0 aliphatic carbocycles. The van der Waals surface area contributed by atoms with Crippen LogP contribution in [-0.2, 0) is 10.5 Å². The standard InChI is InChI=1S/C26H23F2N3O3S/c1-14-8-10-29-21(12-14)31(30-11-9-19(32)25(33)24(30)26(29)34)23-15-6-7-18(27)22(28)17(15)13-35-20-5-3-2-4-16(20)23/h2-7,9,11,19,21,23,32-33H,1,8,10,12-13H2/t19?,21-,23+/m1/s1. The molecule has 180 valence electrons. The van der Waals surface area contributed by atoms with E-state index in [2.05, 4.69) is 6.58 Å². The first-order chi connectivity index (χ1) is 16.9. The number of benzene rings is 2. The molecule has 1 unspecified atom stereocenters. The van der Waals surface area contributed by atoms with Crippen LogP contribution in [0, 0.1) is 11.6 Å². The molecule has 3 atom stereocenters. The number of amides is 1. The summed E-state index contributed by atoms with van der Waals surface area (Å²) in [5, 5.41) is 24.5. The van der Waals surface area contributed by atoms with Crippen LogP contribution < -0.4 is 0 Å². The number of carbonyl (C=O) groups excluding carboxylic acids is 1. The van der Waals surface area contributed by atoms with Crippen LogP contribution in [0.2, 0.25) is 0 Å². The predicted molar refractivity (Wildman–Crippen MR) is 127 cm³/mol. The highest BCUT2D eigenvalue weighted by atomic mass is 32.2. The van der Waals surface area contributed by atoms with Crippen molar-refractivity contribution < 1.29 is 23.8 Å². The van der Waals surface area contributed by atoms with Crippen molar-refractivity contribution in [3.05, 3.63) is 101 Å². The molecule has 0 saturated carbocycles. The van der Waals surface area contributed by atoms with Crippen LogP contribution in [0.1, 0.15) is 35.6 Å². The maximum absolute atomic E-state index is 15.1. The summed E-state index contributed by atoms with van der Waals surface area (Å²) in [4.78, 5) is 16.1. The van der Waals surface area contributed by atoms with Gasteiger partial charge < -0.3 is 15.1 Å². The molecule has 35 heavy (non-hydrogen) atoms. The van der Waals surface area contributed by atoms with E-state index in [1.165, 1.54) is 17.8 Å². The second kappa shape index (κ2) is 8.22. The molecule has 2 saturated heterocycles. The van der Waals surface area contributed by atoms with Gasteiger partial charge in [-0.15, -0.1) is 11.8 Å². The summed E-state index contributed by atoms with van der Waals surface area (Å²) in [6, 6.07) is 9.84.